The number of hydrogen-bond donors (Lipinski definition) is 4. The van der Waals surface area contributed by atoms with E-state index in [2.05, 4.69) is 61.6 Å². The smallest absolute Gasteiger partial charge is 0.318 e. The van der Waals surface area contributed by atoms with Gasteiger partial charge in [-0.2, -0.15) is 0 Å². The summed E-state index contributed by atoms with van der Waals surface area (Å²) in [6, 6.07) is 34.5. The Morgan fingerprint density at radius 3 is 1.65 bits per heavy atom. The summed E-state index contributed by atoms with van der Waals surface area (Å²) in [6.45, 7) is 6.43. The molecule has 4 fully saturated rings. The standard InChI is InChI=1S/C54H58N10O5/c65-52(49(43-11-5-2-6-12-43)60-54(67)62-29-33-69-34-30-62)64-26-8-14-48(64)51-56-36-45(58-51)42-23-19-39(20-24-42)16-15-38-17-21-41(22-18-38)44-35-55-50(57-44)47-13-7-25-63(47)37-46(40-9-3-1-4-10-40)59-53(66)61-27-31-68-32-28-61/h1-6,9-12,17-24,35-36,46-49H,7-8,13-14,25-34,37H2,(H,55,57)(H,56,58)(H,59,66)(H,60,67)/t46-,47-,48-,49+/m0/s1. The largest absolute Gasteiger partial charge is 0.378 e. The molecule has 0 bridgehead atoms. The first kappa shape index (κ1) is 45.5. The number of benzene rings is 4. The van der Waals surface area contributed by atoms with Crippen LogP contribution < -0.4 is 10.6 Å². The fraction of sp³-hybridized carbons (Fsp3) is 0.352. The maximum Gasteiger partial charge on any atom is 0.318 e. The molecule has 6 aromatic rings. The predicted molar refractivity (Wildman–Crippen MR) is 261 cm³/mol. The zero-order chi connectivity index (χ0) is 46.9. The predicted octanol–water partition coefficient (Wildman–Crippen LogP) is 7.23. The van der Waals surface area contributed by atoms with Gasteiger partial charge in [-0.1, -0.05) is 96.8 Å². The van der Waals surface area contributed by atoms with Crippen molar-refractivity contribution in [2.45, 2.75) is 49.9 Å². The molecule has 0 radical (unpaired) electrons. The van der Waals surface area contributed by atoms with Crippen LogP contribution in [-0.2, 0) is 14.3 Å². The average molecular weight is 927 g/mol. The van der Waals surface area contributed by atoms with Crippen LogP contribution in [0.5, 0.6) is 0 Å². The van der Waals surface area contributed by atoms with E-state index in [9.17, 15) is 14.4 Å². The Morgan fingerprint density at radius 2 is 1.09 bits per heavy atom. The molecule has 4 aliphatic rings. The second kappa shape index (κ2) is 21.4. The van der Waals surface area contributed by atoms with Gasteiger partial charge in [0.1, 0.15) is 17.7 Å². The molecule has 4 saturated heterocycles. The normalized spacial score (nSPS) is 19.4. The summed E-state index contributed by atoms with van der Waals surface area (Å²) in [4.78, 5) is 65.4. The fourth-order valence-electron chi connectivity index (χ4n) is 9.83. The van der Waals surface area contributed by atoms with Crippen LogP contribution in [0.1, 0.15) is 83.8 Å². The van der Waals surface area contributed by atoms with Gasteiger partial charge in [0.25, 0.3) is 0 Å². The second-order valence-electron chi connectivity index (χ2n) is 18.0. The number of nitrogens with one attached hydrogen (secondary N) is 4. The number of nitrogens with zero attached hydrogens (tertiary/aromatic N) is 6. The third-order valence-electron chi connectivity index (χ3n) is 13.6. The molecule has 4 atom stereocenters. The maximum absolute atomic E-state index is 14.3. The lowest BCUT2D eigenvalue weighted by molar-refractivity contribution is -0.134. The number of H-pyrrole nitrogens is 2. The van der Waals surface area contributed by atoms with Gasteiger partial charge in [-0.25, -0.2) is 19.6 Å². The Balaban J connectivity index is 0.760. The van der Waals surface area contributed by atoms with Gasteiger partial charge in [0.05, 0.1) is 68.3 Å². The molecule has 4 N–H and O–H groups in total. The van der Waals surface area contributed by atoms with Crippen LogP contribution in [0.3, 0.4) is 0 Å². The SMILES string of the molecule is O=C(N[C@@H](CN1CCC[C@H]1c1ncc(-c2ccc(C#Cc3ccc(-c4cnc([C@@H]5CCCN5C(=O)[C@H](NC(=O)N5CCOCC5)c5ccccc5)[nH]4)cc3)cc2)[nH]1)c1ccccc1)N1CCOCC1. The van der Waals surface area contributed by atoms with Crippen LogP contribution in [0, 0.1) is 11.8 Å². The minimum Gasteiger partial charge on any atom is -0.378 e. The van der Waals surface area contributed by atoms with Crippen LogP contribution in [0.15, 0.2) is 122 Å². The highest BCUT2D eigenvalue weighted by Crippen LogP contribution is 2.35. The van der Waals surface area contributed by atoms with Crippen LogP contribution in [0.4, 0.5) is 9.59 Å². The van der Waals surface area contributed by atoms with E-state index < -0.39 is 6.04 Å². The molecule has 0 spiro atoms. The molecule has 69 heavy (non-hydrogen) atoms. The van der Waals surface area contributed by atoms with Gasteiger partial charge in [-0.3, -0.25) is 9.69 Å². The lowest BCUT2D eigenvalue weighted by Gasteiger charge is -2.32. The van der Waals surface area contributed by atoms with Crippen LogP contribution >= 0.6 is 0 Å². The Bertz CT molecular complexity index is 2740. The van der Waals surface area contributed by atoms with Gasteiger partial charge in [0, 0.05) is 50.4 Å². The number of carbonyl (C=O) groups excluding carboxylic acids is 3. The Morgan fingerprint density at radius 1 is 0.594 bits per heavy atom. The first-order valence-electron chi connectivity index (χ1n) is 24.2. The molecule has 354 valence electrons. The molecular formula is C54H58N10O5. The van der Waals surface area contributed by atoms with Crippen molar-refractivity contribution < 1.29 is 23.9 Å². The lowest BCUT2D eigenvalue weighted by atomic mass is 10.0. The minimum atomic E-state index is -0.823. The van der Waals surface area contributed by atoms with E-state index >= 15 is 0 Å². The number of aromatic nitrogens is 4. The number of carbonyl (C=O) groups is 3. The number of rotatable bonds is 11. The highest BCUT2D eigenvalue weighted by atomic mass is 16.5. The van der Waals surface area contributed by atoms with E-state index in [4.69, 9.17) is 19.4 Å². The third kappa shape index (κ3) is 10.7. The van der Waals surface area contributed by atoms with Gasteiger partial charge in [0.15, 0.2) is 0 Å². The van der Waals surface area contributed by atoms with E-state index in [1.165, 1.54) is 0 Å². The Labute approximate surface area is 402 Å². The molecule has 0 saturated carbocycles. The average Bonchev–Trinajstić information content (AvgIpc) is 4.27. The molecule has 2 aromatic heterocycles. The zero-order valence-electron chi connectivity index (χ0n) is 38.7. The second-order valence-corrected chi connectivity index (χ2v) is 18.0. The highest BCUT2D eigenvalue weighted by Gasteiger charge is 2.38. The number of likely N-dealkylation sites (tertiary alicyclic amines) is 2. The molecule has 15 heteroatoms. The first-order chi connectivity index (χ1) is 33.9. The lowest BCUT2D eigenvalue weighted by Crippen LogP contribution is -2.50. The van der Waals surface area contributed by atoms with Gasteiger partial charge < -0.3 is 44.8 Å². The van der Waals surface area contributed by atoms with Crippen LogP contribution in [-0.4, -0.2) is 130 Å². The molecule has 0 aliphatic carbocycles. The molecule has 10 rings (SSSR count). The summed E-state index contributed by atoms with van der Waals surface area (Å²) < 4.78 is 10.9. The molecule has 4 aliphatic heterocycles. The van der Waals surface area contributed by atoms with Crippen molar-refractivity contribution in [1.82, 2.24) is 50.2 Å². The highest BCUT2D eigenvalue weighted by molar-refractivity contribution is 5.88. The van der Waals surface area contributed by atoms with E-state index in [1.807, 2.05) is 107 Å². The van der Waals surface area contributed by atoms with Crippen molar-refractivity contribution in [2.75, 3.05) is 72.2 Å². The van der Waals surface area contributed by atoms with Crippen LogP contribution in [0.2, 0.25) is 0 Å². The van der Waals surface area contributed by atoms with E-state index in [1.54, 1.807) is 4.90 Å². The zero-order valence-corrected chi connectivity index (χ0v) is 38.7. The van der Waals surface area contributed by atoms with Gasteiger partial charge >= 0.3 is 12.1 Å². The first-order valence-corrected chi connectivity index (χ1v) is 24.2. The van der Waals surface area contributed by atoms with Crippen LogP contribution in [0.25, 0.3) is 22.5 Å². The number of imidazole rings is 2. The third-order valence-corrected chi connectivity index (χ3v) is 13.6. The summed E-state index contributed by atoms with van der Waals surface area (Å²) in [5.41, 5.74) is 7.41. The molecule has 4 aromatic carbocycles. The Kier molecular flexibility index (Phi) is 14.1. The molecule has 15 nitrogen and oxygen atoms in total. The van der Waals surface area contributed by atoms with Gasteiger partial charge in [-0.15, -0.1) is 0 Å². The summed E-state index contributed by atoms with van der Waals surface area (Å²) in [5, 5.41) is 6.35. The van der Waals surface area contributed by atoms with Crippen molar-refractivity contribution in [2.24, 2.45) is 0 Å². The number of hydrogen-bond acceptors (Lipinski definition) is 8. The van der Waals surface area contributed by atoms with E-state index in [0.717, 1.165) is 88.6 Å². The van der Waals surface area contributed by atoms with E-state index in [0.29, 0.717) is 65.7 Å². The summed E-state index contributed by atoms with van der Waals surface area (Å²) in [7, 11) is 0. The quantitative estimate of drug-likeness (QED) is 0.0990. The minimum absolute atomic E-state index is 0.0543. The topological polar surface area (TPSA) is 164 Å². The number of ether oxygens (including phenoxy) is 2. The summed E-state index contributed by atoms with van der Waals surface area (Å²) in [5.74, 6) is 8.13. The fourth-order valence-corrected chi connectivity index (χ4v) is 9.83. The summed E-state index contributed by atoms with van der Waals surface area (Å²) in [6.07, 6.45) is 7.37. The molecule has 6 heterocycles. The number of morpholine rings is 2. The van der Waals surface area contributed by atoms with E-state index in [-0.39, 0.29) is 36.1 Å². The van der Waals surface area contributed by atoms with Gasteiger partial charge in [-0.05, 0) is 78.7 Å². The monoisotopic (exact) mass is 926 g/mol. The number of aromatic amines is 2. The van der Waals surface area contributed by atoms with Crippen molar-refractivity contribution >= 4 is 18.0 Å². The maximum atomic E-state index is 14.3. The van der Waals surface area contributed by atoms with Crippen molar-refractivity contribution in [3.05, 3.63) is 155 Å². The van der Waals surface area contributed by atoms with Crippen molar-refractivity contribution in [1.29, 1.82) is 0 Å². The molecular weight excluding hydrogens is 869 g/mol. The Hall–Kier alpha value is -7.25. The number of urea groups is 2. The molecule has 0 unspecified atom stereocenters. The van der Waals surface area contributed by atoms with Crippen molar-refractivity contribution in [3.8, 4) is 34.4 Å². The summed E-state index contributed by atoms with van der Waals surface area (Å²) >= 11 is 0. The number of amides is 5. The van der Waals surface area contributed by atoms with Crippen molar-refractivity contribution in [3.63, 3.8) is 0 Å². The van der Waals surface area contributed by atoms with Gasteiger partial charge in [0.2, 0.25) is 5.91 Å². The molecule has 5 amide bonds.